The monoisotopic (exact) mass is 362 g/mol. The molecule has 1 heterocycles. The van der Waals surface area contributed by atoms with E-state index in [0.29, 0.717) is 12.2 Å². The van der Waals surface area contributed by atoms with Crippen LogP contribution in [0.2, 0.25) is 0 Å². The van der Waals surface area contributed by atoms with Gasteiger partial charge in [-0.05, 0) is 23.6 Å². The van der Waals surface area contributed by atoms with Crippen molar-refractivity contribution in [1.29, 1.82) is 5.26 Å². The van der Waals surface area contributed by atoms with Crippen molar-refractivity contribution in [1.82, 2.24) is 4.90 Å². The average Bonchev–Trinajstić information content (AvgIpc) is 3.03. The number of ether oxygens (including phenoxy) is 1. The van der Waals surface area contributed by atoms with Crippen LogP contribution in [0.3, 0.4) is 0 Å². The summed E-state index contributed by atoms with van der Waals surface area (Å²) in [5.41, 5.74) is 3.26. The zero-order chi connectivity index (χ0) is 19.4. The summed E-state index contributed by atoms with van der Waals surface area (Å²) < 4.78 is 5.83. The maximum absolute atomic E-state index is 11.7. The zero-order valence-corrected chi connectivity index (χ0v) is 15.4. The van der Waals surface area contributed by atoms with Crippen LogP contribution < -0.4 is 4.74 Å². The Morgan fingerprint density at radius 2 is 1.93 bits per heavy atom. The molecule has 5 heteroatoms. The molecule has 0 spiro atoms. The van der Waals surface area contributed by atoms with E-state index in [9.17, 15) is 15.2 Å². The number of carboxylic acids is 1. The number of nitrogens with zero attached hydrogens (tertiary/aromatic N) is 2. The number of carboxylic acid groups (broad SMARTS) is 1. The first-order valence-electron chi connectivity index (χ1n) is 8.95. The van der Waals surface area contributed by atoms with Crippen molar-refractivity contribution in [3.8, 4) is 22.9 Å². The van der Waals surface area contributed by atoms with Crippen LogP contribution in [0, 0.1) is 11.3 Å². The number of rotatable bonds is 6. The summed E-state index contributed by atoms with van der Waals surface area (Å²) in [6.45, 7) is 2.72. The molecule has 2 aromatic carbocycles. The summed E-state index contributed by atoms with van der Waals surface area (Å²) in [6, 6.07) is 16.9. The van der Waals surface area contributed by atoms with E-state index in [-0.39, 0.29) is 0 Å². The molecule has 0 fully saturated rings. The van der Waals surface area contributed by atoms with Crippen LogP contribution >= 0.6 is 0 Å². The number of benzene rings is 2. The van der Waals surface area contributed by atoms with Gasteiger partial charge in [0.25, 0.3) is 0 Å². The van der Waals surface area contributed by atoms with Gasteiger partial charge in [0.05, 0.1) is 24.2 Å². The Kier molecular flexibility index (Phi) is 5.46. The molecule has 0 aliphatic carbocycles. The molecule has 2 atom stereocenters. The normalized spacial score (nSPS) is 18.7. The summed E-state index contributed by atoms with van der Waals surface area (Å²) in [7, 11) is 1.69. The molecule has 0 saturated carbocycles. The highest BCUT2D eigenvalue weighted by Crippen LogP contribution is 2.37. The van der Waals surface area contributed by atoms with Gasteiger partial charge in [0.2, 0.25) is 0 Å². The molecular formula is C22H22N2O3. The van der Waals surface area contributed by atoms with Gasteiger partial charge in [-0.25, -0.2) is 4.79 Å². The van der Waals surface area contributed by atoms with Crippen molar-refractivity contribution in [2.75, 3.05) is 13.7 Å². The van der Waals surface area contributed by atoms with Gasteiger partial charge in [0.1, 0.15) is 11.8 Å². The SMILES string of the molecule is CCCOc1ccccc1-c1ccc(C2C(C#N)=CN(C)C2C(=O)O)cc1. The van der Waals surface area contributed by atoms with Gasteiger partial charge in [-0.1, -0.05) is 49.4 Å². The van der Waals surface area contributed by atoms with Crippen LogP contribution in [-0.2, 0) is 4.79 Å². The molecule has 0 amide bonds. The van der Waals surface area contributed by atoms with Gasteiger partial charge >= 0.3 is 5.97 Å². The summed E-state index contributed by atoms with van der Waals surface area (Å²) in [5, 5.41) is 19.0. The van der Waals surface area contributed by atoms with Crippen LogP contribution in [-0.4, -0.2) is 35.7 Å². The van der Waals surface area contributed by atoms with Gasteiger partial charge in [0, 0.05) is 18.8 Å². The third-order valence-electron chi connectivity index (χ3n) is 4.74. The van der Waals surface area contributed by atoms with Crippen LogP contribution in [0.15, 0.2) is 60.3 Å². The molecule has 27 heavy (non-hydrogen) atoms. The van der Waals surface area contributed by atoms with Crippen molar-refractivity contribution >= 4 is 5.97 Å². The van der Waals surface area contributed by atoms with E-state index in [4.69, 9.17) is 4.74 Å². The Morgan fingerprint density at radius 1 is 1.22 bits per heavy atom. The fourth-order valence-electron chi connectivity index (χ4n) is 3.48. The Balaban J connectivity index is 1.93. The first kappa shape index (κ1) is 18.5. The van der Waals surface area contributed by atoms with E-state index in [0.717, 1.165) is 28.9 Å². The smallest absolute Gasteiger partial charge is 0.327 e. The van der Waals surface area contributed by atoms with Crippen LogP contribution in [0.25, 0.3) is 11.1 Å². The predicted molar refractivity (Wildman–Crippen MR) is 103 cm³/mol. The maximum atomic E-state index is 11.7. The third kappa shape index (κ3) is 3.65. The Labute approximate surface area is 159 Å². The first-order chi connectivity index (χ1) is 13.1. The zero-order valence-electron chi connectivity index (χ0n) is 15.4. The molecule has 1 aliphatic heterocycles. The van der Waals surface area contributed by atoms with Crippen LogP contribution in [0.5, 0.6) is 5.75 Å². The number of hydrogen-bond donors (Lipinski definition) is 1. The number of aliphatic carboxylic acids is 1. The standard InChI is InChI=1S/C22H22N2O3/c1-3-12-27-19-7-5-4-6-18(19)15-8-10-16(11-9-15)20-17(13-23)14-24(2)21(20)22(25)26/h4-11,14,20-21H,3,12H2,1-2H3,(H,25,26). The van der Waals surface area contributed by atoms with E-state index >= 15 is 0 Å². The van der Waals surface area contributed by atoms with Crippen molar-refractivity contribution in [3.05, 3.63) is 65.9 Å². The van der Waals surface area contributed by atoms with E-state index in [1.54, 1.807) is 18.1 Å². The van der Waals surface area contributed by atoms with Gasteiger partial charge in [0.15, 0.2) is 0 Å². The van der Waals surface area contributed by atoms with E-state index < -0.39 is 17.9 Å². The van der Waals surface area contributed by atoms with E-state index in [1.165, 1.54) is 0 Å². The third-order valence-corrected chi connectivity index (χ3v) is 4.74. The van der Waals surface area contributed by atoms with Gasteiger partial charge in [-0.15, -0.1) is 0 Å². The summed E-state index contributed by atoms with van der Waals surface area (Å²) >= 11 is 0. The quantitative estimate of drug-likeness (QED) is 0.840. The number of para-hydroxylation sites is 1. The lowest BCUT2D eigenvalue weighted by Crippen LogP contribution is -2.36. The molecule has 5 nitrogen and oxygen atoms in total. The van der Waals surface area contributed by atoms with E-state index in [2.05, 4.69) is 13.0 Å². The molecule has 0 bridgehead atoms. The molecular weight excluding hydrogens is 340 g/mol. The van der Waals surface area contributed by atoms with Crippen LogP contribution in [0.1, 0.15) is 24.8 Å². The lowest BCUT2D eigenvalue weighted by atomic mass is 9.87. The van der Waals surface area contributed by atoms with Gasteiger partial charge < -0.3 is 14.7 Å². The number of likely N-dealkylation sites (N-methyl/N-ethyl adjacent to an activating group) is 1. The number of hydrogen-bond acceptors (Lipinski definition) is 4. The van der Waals surface area contributed by atoms with Gasteiger partial charge in [-0.2, -0.15) is 5.26 Å². The van der Waals surface area contributed by atoms with Crippen molar-refractivity contribution in [2.45, 2.75) is 25.3 Å². The highest BCUT2D eigenvalue weighted by atomic mass is 16.5. The molecule has 0 radical (unpaired) electrons. The van der Waals surface area contributed by atoms with E-state index in [1.807, 2.05) is 48.5 Å². The molecule has 138 valence electrons. The lowest BCUT2D eigenvalue weighted by Gasteiger charge is -2.23. The summed E-state index contributed by atoms with van der Waals surface area (Å²) in [5.74, 6) is -0.585. The molecule has 2 aromatic rings. The highest BCUT2D eigenvalue weighted by molar-refractivity contribution is 5.78. The second kappa shape index (κ2) is 7.96. The van der Waals surface area contributed by atoms with Crippen LogP contribution in [0.4, 0.5) is 0 Å². The second-order valence-corrected chi connectivity index (χ2v) is 6.59. The van der Waals surface area contributed by atoms with Crippen molar-refractivity contribution in [3.63, 3.8) is 0 Å². The Bertz CT molecular complexity index is 897. The average molecular weight is 362 g/mol. The molecule has 3 rings (SSSR count). The van der Waals surface area contributed by atoms with Crippen molar-refractivity contribution < 1.29 is 14.6 Å². The molecule has 1 N–H and O–H groups in total. The summed E-state index contributed by atoms with van der Waals surface area (Å²) in [6.07, 6.45) is 2.55. The fourth-order valence-corrected chi connectivity index (χ4v) is 3.48. The molecule has 0 saturated heterocycles. The Morgan fingerprint density at radius 3 is 2.56 bits per heavy atom. The molecule has 1 aliphatic rings. The minimum absolute atomic E-state index is 0.462. The number of nitriles is 1. The predicted octanol–water partition coefficient (Wildman–Crippen LogP) is 4.03. The Hall–Kier alpha value is -3.26. The minimum atomic E-state index is -0.939. The summed E-state index contributed by atoms with van der Waals surface area (Å²) in [4.78, 5) is 13.3. The lowest BCUT2D eigenvalue weighted by molar-refractivity contribution is -0.141. The van der Waals surface area contributed by atoms with Crippen molar-refractivity contribution in [2.24, 2.45) is 0 Å². The largest absolute Gasteiger partial charge is 0.493 e. The minimum Gasteiger partial charge on any atom is -0.493 e. The maximum Gasteiger partial charge on any atom is 0.327 e. The van der Waals surface area contributed by atoms with Gasteiger partial charge in [-0.3, -0.25) is 0 Å². The molecule has 2 unspecified atom stereocenters. The molecule has 0 aromatic heterocycles. The topological polar surface area (TPSA) is 73.6 Å². The highest BCUT2D eigenvalue weighted by Gasteiger charge is 2.39. The second-order valence-electron chi connectivity index (χ2n) is 6.59. The fraction of sp³-hybridized carbons (Fsp3) is 0.273. The first-order valence-corrected chi connectivity index (χ1v) is 8.95. The number of carbonyl (C=O) groups is 1.